The fraction of sp³-hybridized carbons (Fsp3) is 0.500. The number of hydrogen-bond donors (Lipinski definition) is 1. The quantitative estimate of drug-likeness (QED) is 0.774. The summed E-state index contributed by atoms with van der Waals surface area (Å²) < 4.78 is 5.56. The van der Waals surface area contributed by atoms with Gasteiger partial charge >= 0.3 is 0 Å². The van der Waals surface area contributed by atoms with E-state index in [-0.39, 0.29) is 0 Å². The highest BCUT2D eigenvalue weighted by Gasteiger charge is 2.18. The van der Waals surface area contributed by atoms with Crippen LogP contribution in [0.25, 0.3) is 0 Å². The van der Waals surface area contributed by atoms with Gasteiger partial charge in [-0.2, -0.15) is 0 Å². The number of hydrogen-bond acceptors (Lipinski definition) is 4. The Morgan fingerprint density at radius 2 is 1.80 bits per heavy atom. The lowest BCUT2D eigenvalue weighted by molar-refractivity contribution is 0.0485. The Morgan fingerprint density at radius 3 is 2.45 bits per heavy atom. The van der Waals surface area contributed by atoms with Gasteiger partial charge in [-0.25, -0.2) is 0 Å². The molecule has 2 rings (SSSR count). The Balaban J connectivity index is 1.65. The molecule has 0 radical (unpaired) electrons. The van der Waals surface area contributed by atoms with Gasteiger partial charge in [-0.1, -0.05) is 24.1 Å². The molecule has 108 valence electrons. The van der Waals surface area contributed by atoms with Crippen LogP contribution in [0, 0.1) is 12.3 Å². The summed E-state index contributed by atoms with van der Waals surface area (Å²) >= 11 is 0. The minimum Gasteiger partial charge on any atom is -0.491 e. The predicted molar refractivity (Wildman–Crippen MR) is 79.7 cm³/mol. The van der Waals surface area contributed by atoms with Crippen LogP contribution in [0.2, 0.25) is 0 Å². The number of rotatable bonds is 6. The number of para-hydroxylation sites is 1. The molecule has 1 N–H and O–H groups in total. The van der Waals surface area contributed by atoms with Crippen LogP contribution >= 0.6 is 0 Å². The highest BCUT2D eigenvalue weighted by atomic mass is 16.5. The van der Waals surface area contributed by atoms with E-state index in [9.17, 15) is 5.11 Å². The Labute approximate surface area is 121 Å². The maximum absolute atomic E-state index is 10.0. The van der Waals surface area contributed by atoms with Crippen molar-refractivity contribution in [3.63, 3.8) is 0 Å². The number of nitrogens with zero attached hydrogens (tertiary/aromatic N) is 2. The molecule has 1 fully saturated rings. The number of aliphatic hydroxyl groups is 1. The van der Waals surface area contributed by atoms with Crippen molar-refractivity contribution in [3.05, 3.63) is 30.3 Å². The van der Waals surface area contributed by atoms with Gasteiger partial charge in [0.2, 0.25) is 0 Å². The standard InChI is InChI=1S/C16H22N2O2/c1-2-8-17-9-11-18(12-10-17)13-15(19)14-20-16-6-4-3-5-7-16/h1,3-7,15,19H,8-14H2. The van der Waals surface area contributed by atoms with Crippen molar-refractivity contribution in [2.24, 2.45) is 0 Å². The van der Waals surface area contributed by atoms with Crippen molar-refractivity contribution in [1.29, 1.82) is 0 Å². The number of terminal acetylenes is 1. The lowest BCUT2D eigenvalue weighted by Crippen LogP contribution is -2.49. The van der Waals surface area contributed by atoms with Gasteiger partial charge in [0, 0.05) is 32.7 Å². The highest BCUT2D eigenvalue weighted by Crippen LogP contribution is 2.09. The zero-order valence-corrected chi connectivity index (χ0v) is 11.7. The van der Waals surface area contributed by atoms with E-state index in [1.54, 1.807) is 0 Å². The van der Waals surface area contributed by atoms with Crippen molar-refractivity contribution in [2.75, 3.05) is 45.9 Å². The molecule has 0 saturated carbocycles. The normalized spacial score (nSPS) is 18.4. The molecule has 0 aromatic heterocycles. The molecule has 4 nitrogen and oxygen atoms in total. The summed E-state index contributed by atoms with van der Waals surface area (Å²) in [5.41, 5.74) is 0. The first kappa shape index (κ1) is 14.9. The molecule has 20 heavy (non-hydrogen) atoms. The Kier molecular flexibility index (Phi) is 5.87. The second kappa shape index (κ2) is 7.91. The third-order valence-electron chi connectivity index (χ3n) is 3.43. The summed E-state index contributed by atoms with van der Waals surface area (Å²) in [6, 6.07) is 9.58. The number of benzene rings is 1. The molecule has 1 atom stereocenters. The van der Waals surface area contributed by atoms with E-state index in [1.807, 2.05) is 30.3 Å². The Morgan fingerprint density at radius 1 is 1.15 bits per heavy atom. The van der Waals surface area contributed by atoms with Crippen LogP contribution in [0.3, 0.4) is 0 Å². The first-order valence-corrected chi connectivity index (χ1v) is 7.02. The summed E-state index contributed by atoms with van der Waals surface area (Å²) in [7, 11) is 0. The third kappa shape index (κ3) is 4.86. The van der Waals surface area contributed by atoms with Crippen molar-refractivity contribution in [3.8, 4) is 18.1 Å². The van der Waals surface area contributed by atoms with Gasteiger partial charge in [-0.05, 0) is 12.1 Å². The van der Waals surface area contributed by atoms with Gasteiger partial charge in [0.25, 0.3) is 0 Å². The maximum atomic E-state index is 10.0. The molecule has 0 amide bonds. The lowest BCUT2D eigenvalue weighted by atomic mass is 10.2. The van der Waals surface area contributed by atoms with Crippen LogP contribution in [-0.2, 0) is 0 Å². The van der Waals surface area contributed by atoms with E-state index in [2.05, 4.69) is 15.7 Å². The molecular weight excluding hydrogens is 252 g/mol. The van der Waals surface area contributed by atoms with Gasteiger partial charge in [0.15, 0.2) is 0 Å². The van der Waals surface area contributed by atoms with E-state index >= 15 is 0 Å². The van der Waals surface area contributed by atoms with Gasteiger partial charge in [-0.15, -0.1) is 6.42 Å². The second-order valence-electron chi connectivity index (χ2n) is 5.06. The topological polar surface area (TPSA) is 35.9 Å². The molecule has 1 aromatic carbocycles. The van der Waals surface area contributed by atoms with Gasteiger partial charge in [0.05, 0.1) is 6.54 Å². The fourth-order valence-electron chi connectivity index (χ4n) is 2.32. The van der Waals surface area contributed by atoms with Crippen molar-refractivity contribution in [2.45, 2.75) is 6.10 Å². The first-order chi connectivity index (χ1) is 9.78. The molecule has 0 bridgehead atoms. The average molecular weight is 274 g/mol. The van der Waals surface area contributed by atoms with Crippen LogP contribution in [-0.4, -0.2) is 66.9 Å². The molecule has 1 heterocycles. The molecule has 0 aliphatic carbocycles. The summed E-state index contributed by atoms with van der Waals surface area (Å²) in [6.07, 6.45) is 4.84. The maximum Gasteiger partial charge on any atom is 0.119 e. The van der Waals surface area contributed by atoms with E-state index in [1.165, 1.54) is 0 Å². The SMILES string of the molecule is C#CCN1CCN(CC(O)COc2ccccc2)CC1. The molecule has 4 heteroatoms. The summed E-state index contributed by atoms with van der Waals surface area (Å²) in [4.78, 5) is 4.51. The van der Waals surface area contributed by atoms with Crippen molar-refractivity contribution < 1.29 is 9.84 Å². The molecule has 1 aliphatic heterocycles. The van der Waals surface area contributed by atoms with Gasteiger partial charge in [-0.3, -0.25) is 9.80 Å². The Hall–Kier alpha value is -1.54. The largest absolute Gasteiger partial charge is 0.491 e. The monoisotopic (exact) mass is 274 g/mol. The van der Waals surface area contributed by atoms with Crippen LogP contribution in [0.1, 0.15) is 0 Å². The predicted octanol–water partition coefficient (Wildman–Crippen LogP) is 0.677. The third-order valence-corrected chi connectivity index (χ3v) is 3.43. The molecule has 1 unspecified atom stereocenters. The van der Waals surface area contributed by atoms with E-state index in [4.69, 9.17) is 11.2 Å². The lowest BCUT2D eigenvalue weighted by Gasteiger charge is -2.34. The van der Waals surface area contributed by atoms with Gasteiger partial charge in [0.1, 0.15) is 18.5 Å². The highest BCUT2D eigenvalue weighted by molar-refractivity contribution is 5.20. The minimum absolute atomic E-state index is 0.328. The van der Waals surface area contributed by atoms with Crippen LogP contribution in [0.5, 0.6) is 5.75 Å². The molecule has 1 aliphatic rings. The number of aliphatic hydroxyl groups excluding tert-OH is 1. The van der Waals surface area contributed by atoms with Gasteiger partial charge < -0.3 is 9.84 Å². The molecular formula is C16H22N2O2. The summed E-state index contributed by atoms with van der Waals surface area (Å²) in [5, 5.41) is 10.0. The number of β-amino-alcohol motifs (C(OH)–C–C–N with tert-alkyl or cyclic N) is 1. The smallest absolute Gasteiger partial charge is 0.119 e. The average Bonchev–Trinajstić information content (AvgIpc) is 2.49. The Bertz CT molecular complexity index is 422. The summed E-state index contributed by atoms with van der Waals surface area (Å²) in [5.74, 6) is 3.47. The van der Waals surface area contributed by atoms with Crippen LogP contribution in [0.4, 0.5) is 0 Å². The van der Waals surface area contributed by atoms with E-state index in [0.717, 1.165) is 31.9 Å². The van der Waals surface area contributed by atoms with Crippen molar-refractivity contribution in [1.82, 2.24) is 9.80 Å². The first-order valence-electron chi connectivity index (χ1n) is 7.02. The molecule has 1 saturated heterocycles. The zero-order valence-electron chi connectivity index (χ0n) is 11.7. The van der Waals surface area contributed by atoms with Crippen LogP contribution in [0.15, 0.2) is 30.3 Å². The van der Waals surface area contributed by atoms with E-state index in [0.29, 0.717) is 19.7 Å². The zero-order chi connectivity index (χ0) is 14.2. The van der Waals surface area contributed by atoms with E-state index < -0.39 is 6.10 Å². The van der Waals surface area contributed by atoms with Crippen molar-refractivity contribution >= 4 is 0 Å². The number of ether oxygens (including phenoxy) is 1. The second-order valence-corrected chi connectivity index (χ2v) is 5.06. The fourth-order valence-corrected chi connectivity index (χ4v) is 2.32. The number of piperazine rings is 1. The summed E-state index contributed by atoms with van der Waals surface area (Å²) in [6.45, 7) is 5.53. The molecule has 0 spiro atoms. The minimum atomic E-state index is -0.464. The molecule has 1 aromatic rings. The van der Waals surface area contributed by atoms with Crippen LogP contribution < -0.4 is 4.74 Å².